The summed E-state index contributed by atoms with van der Waals surface area (Å²) in [7, 11) is 0. The molecular weight excluding hydrogens is 246 g/mol. The number of H-pyrrole nitrogens is 1. The van der Waals surface area contributed by atoms with Crippen LogP contribution in [0.2, 0.25) is 0 Å². The molecule has 5 heteroatoms. The van der Waals surface area contributed by atoms with Gasteiger partial charge in [-0.2, -0.15) is 0 Å². The normalized spacial score (nSPS) is 11.1. The second kappa shape index (κ2) is 5.93. The zero-order valence-electron chi connectivity index (χ0n) is 10.6. The molecule has 2 N–H and O–H groups in total. The van der Waals surface area contributed by atoms with Crippen LogP contribution >= 0.6 is 11.3 Å². The lowest BCUT2D eigenvalue weighted by Crippen LogP contribution is -2.21. The van der Waals surface area contributed by atoms with Crippen molar-refractivity contribution in [1.29, 1.82) is 0 Å². The lowest BCUT2D eigenvalue weighted by molar-refractivity contribution is 0.548. The molecule has 0 spiro atoms. The van der Waals surface area contributed by atoms with Gasteiger partial charge in [0, 0.05) is 12.6 Å². The summed E-state index contributed by atoms with van der Waals surface area (Å²) in [6.45, 7) is 5.84. The van der Waals surface area contributed by atoms with Gasteiger partial charge in [0.25, 0.3) is 5.56 Å². The molecule has 18 heavy (non-hydrogen) atoms. The Morgan fingerprint density at radius 2 is 2.33 bits per heavy atom. The molecule has 0 saturated heterocycles. The minimum atomic E-state index is -0.102. The first-order chi connectivity index (χ1) is 8.65. The van der Waals surface area contributed by atoms with Crippen LogP contribution in [0.3, 0.4) is 0 Å². The minimum absolute atomic E-state index is 0.102. The van der Waals surface area contributed by atoms with Crippen molar-refractivity contribution in [3.8, 4) is 10.7 Å². The Bertz CT molecular complexity index is 546. The Hall–Kier alpha value is -1.46. The Labute approximate surface area is 110 Å². The minimum Gasteiger partial charge on any atom is -0.311 e. The molecule has 4 nitrogen and oxygen atoms in total. The molecule has 0 fully saturated rings. The van der Waals surface area contributed by atoms with Gasteiger partial charge in [0.15, 0.2) is 5.82 Å². The highest BCUT2D eigenvalue weighted by atomic mass is 32.1. The van der Waals surface area contributed by atoms with Crippen LogP contribution in [-0.2, 0) is 6.54 Å². The largest absolute Gasteiger partial charge is 0.311 e. The van der Waals surface area contributed by atoms with Crippen molar-refractivity contribution >= 4 is 11.3 Å². The maximum atomic E-state index is 11.6. The van der Waals surface area contributed by atoms with Gasteiger partial charge in [-0.05, 0) is 23.9 Å². The van der Waals surface area contributed by atoms with Gasteiger partial charge in [-0.15, -0.1) is 11.3 Å². The molecule has 0 saturated carbocycles. The van der Waals surface area contributed by atoms with Crippen molar-refractivity contribution in [3.63, 3.8) is 0 Å². The summed E-state index contributed by atoms with van der Waals surface area (Å²) in [5.41, 5.74) is 0.678. The van der Waals surface area contributed by atoms with Crippen LogP contribution in [0.15, 0.2) is 28.4 Å². The molecule has 0 aliphatic heterocycles. The monoisotopic (exact) mass is 263 g/mol. The van der Waals surface area contributed by atoms with Crippen molar-refractivity contribution in [2.75, 3.05) is 6.54 Å². The van der Waals surface area contributed by atoms with Crippen LogP contribution in [0.5, 0.6) is 0 Å². The first-order valence-electron chi connectivity index (χ1n) is 6.00. The van der Waals surface area contributed by atoms with Crippen molar-refractivity contribution in [1.82, 2.24) is 15.3 Å². The molecular formula is C13H17N3OS. The maximum absolute atomic E-state index is 11.6. The van der Waals surface area contributed by atoms with E-state index < -0.39 is 0 Å². The molecule has 0 aliphatic rings. The van der Waals surface area contributed by atoms with Gasteiger partial charge in [-0.25, -0.2) is 4.98 Å². The molecule has 96 valence electrons. The Morgan fingerprint density at radius 3 is 3.00 bits per heavy atom. The summed E-state index contributed by atoms with van der Waals surface area (Å²) in [6.07, 6.45) is 0. The van der Waals surface area contributed by atoms with E-state index in [9.17, 15) is 4.79 Å². The fourth-order valence-corrected chi connectivity index (χ4v) is 2.29. The van der Waals surface area contributed by atoms with Crippen LogP contribution < -0.4 is 10.9 Å². The van der Waals surface area contributed by atoms with Crippen LogP contribution in [0.25, 0.3) is 10.7 Å². The van der Waals surface area contributed by atoms with E-state index in [2.05, 4.69) is 29.1 Å². The molecule has 2 heterocycles. The third-order valence-corrected chi connectivity index (χ3v) is 3.28. The first-order valence-corrected chi connectivity index (χ1v) is 6.88. The standard InChI is InChI=1S/C13H17N3OS/c1-9(2)7-14-8-10-6-12(17)16-13(15-10)11-4-3-5-18-11/h3-6,9,14H,7-8H2,1-2H3,(H,15,16,17). The lowest BCUT2D eigenvalue weighted by Gasteiger charge is -2.07. The van der Waals surface area contributed by atoms with E-state index >= 15 is 0 Å². The average molecular weight is 263 g/mol. The summed E-state index contributed by atoms with van der Waals surface area (Å²) in [6, 6.07) is 5.45. The van der Waals surface area contributed by atoms with E-state index in [0.29, 0.717) is 18.3 Å². The molecule has 0 aliphatic carbocycles. The summed E-state index contributed by atoms with van der Waals surface area (Å²) < 4.78 is 0. The van der Waals surface area contributed by atoms with Gasteiger partial charge >= 0.3 is 0 Å². The number of nitrogens with zero attached hydrogens (tertiary/aromatic N) is 1. The second-order valence-electron chi connectivity index (χ2n) is 4.59. The van der Waals surface area contributed by atoms with Gasteiger partial charge in [0.1, 0.15) is 0 Å². The van der Waals surface area contributed by atoms with E-state index in [4.69, 9.17) is 0 Å². The Balaban J connectivity index is 2.14. The van der Waals surface area contributed by atoms with E-state index in [1.54, 1.807) is 17.4 Å². The summed E-state index contributed by atoms with van der Waals surface area (Å²) in [5.74, 6) is 1.24. The predicted molar refractivity (Wildman–Crippen MR) is 74.7 cm³/mol. The Kier molecular flexibility index (Phi) is 4.28. The van der Waals surface area contributed by atoms with Crippen molar-refractivity contribution < 1.29 is 0 Å². The molecule has 2 rings (SSSR count). The number of nitrogens with one attached hydrogen (secondary N) is 2. The zero-order valence-corrected chi connectivity index (χ0v) is 11.4. The second-order valence-corrected chi connectivity index (χ2v) is 5.54. The third kappa shape index (κ3) is 3.51. The predicted octanol–water partition coefficient (Wildman–Crippen LogP) is 2.24. The highest BCUT2D eigenvalue weighted by Crippen LogP contribution is 2.19. The van der Waals surface area contributed by atoms with E-state index in [-0.39, 0.29) is 5.56 Å². The quantitative estimate of drug-likeness (QED) is 0.870. The molecule has 0 bridgehead atoms. The molecule has 0 radical (unpaired) electrons. The van der Waals surface area contributed by atoms with Crippen LogP contribution in [0.4, 0.5) is 0 Å². The number of aromatic nitrogens is 2. The van der Waals surface area contributed by atoms with Crippen molar-refractivity contribution in [2.24, 2.45) is 5.92 Å². The molecule has 0 aromatic carbocycles. The zero-order chi connectivity index (χ0) is 13.0. The van der Waals surface area contributed by atoms with Gasteiger partial charge in [-0.1, -0.05) is 19.9 Å². The van der Waals surface area contributed by atoms with E-state index in [1.165, 1.54) is 0 Å². The SMILES string of the molecule is CC(C)CNCc1cc(=O)[nH]c(-c2cccs2)n1. The lowest BCUT2D eigenvalue weighted by atomic mass is 10.2. The van der Waals surface area contributed by atoms with E-state index in [0.717, 1.165) is 17.1 Å². The van der Waals surface area contributed by atoms with Crippen molar-refractivity contribution in [3.05, 3.63) is 39.6 Å². The maximum Gasteiger partial charge on any atom is 0.251 e. The number of rotatable bonds is 5. The van der Waals surface area contributed by atoms with Gasteiger partial charge < -0.3 is 10.3 Å². The van der Waals surface area contributed by atoms with E-state index in [1.807, 2.05) is 17.5 Å². The number of aromatic amines is 1. The van der Waals surface area contributed by atoms with Gasteiger partial charge in [0.2, 0.25) is 0 Å². The van der Waals surface area contributed by atoms with Crippen LogP contribution in [0.1, 0.15) is 19.5 Å². The van der Waals surface area contributed by atoms with Crippen molar-refractivity contribution in [2.45, 2.75) is 20.4 Å². The van der Waals surface area contributed by atoms with Crippen LogP contribution in [0, 0.1) is 5.92 Å². The first kappa shape index (κ1) is 13.0. The summed E-state index contributed by atoms with van der Waals surface area (Å²) in [4.78, 5) is 19.8. The number of hydrogen-bond acceptors (Lipinski definition) is 4. The Morgan fingerprint density at radius 1 is 1.50 bits per heavy atom. The molecule has 0 unspecified atom stereocenters. The fourth-order valence-electron chi connectivity index (χ4n) is 1.62. The molecule has 2 aromatic heterocycles. The number of hydrogen-bond donors (Lipinski definition) is 2. The van der Waals surface area contributed by atoms with Gasteiger partial charge in [0.05, 0.1) is 10.6 Å². The number of thiophene rings is 1. The topological polar surface area (TPSA) is 57.8 Å². The summed E-state index contributed by atoms with van der Waals surface area (Å²) >= 11 is 1.57. The van der Waals surface area contributed by atoms with Gasteiger partial charge in [-0.3, -0.25) is 4.79 Å². The highest BCUT2D eigenvalue weighted by molar-refractivity contribution is 7.13. The van der Waals surface area contributed by atoms with Crippen LogP contribution in [-0.4, -0.2) is 16.5 Å². The third-order valence-electron chi connectivity index (χ3n) is 2.41. The molecule has 2 aromatic rings. The smallest absolute Gasteiger partial charge is 0.251 e. The highest BCUT2D eigenvalue weighted by Gasteiger charge is 2.05. The summed E-state index contributed by atoms with van der Waals surface area (Å²) in [5, 5.41) is 5.26. The molecule has 0 atom stereocenters. The average Bonchev–Trinajstić information content (AvgIpc) is 2.81. The fraction of sp³-hybridized carbons (Fsp3) is 0.385. The molecule has 0 amide bonds.